The summed E-state index contributed by atoms with van der Waals surface area (Å²) < 4.78 is 12.0. The molecule has 0 aliphatic rings. The van der Waals surface area contributed by atoms with Gasteiger partial charge in [-0.25, -0.2) is 19.7 Å². The minimum atomic E-state index is -0.439. The first-order valence-electron chi connectivity index (χ1n) is 7.13. The van der Waals surface area contributed by atoms with Gasteiger partial charge in [0, 0.05) is 18.9 Å². The monoisotopic (exact) mass is 312 g/mol. The summed E-state index contributed by atoms with van der Waals surface area (Å²) in [5.74, 6) is 0.749. The maximum atomic E-state index is 11.7. The molecule has 3 aromatic rings. The van der Waals surface area contributed by atoms with Gasteiger partial charge in [-0.2, -0.15) is 0 Å². The molecule has 0 spiro atoms. The summed E-state index contributed by atoms with van der Waals surface area (Å²) in [7, 11) is 2.90. The van der Waals surface area contributed by atoms with Crippen LogP contribution in [0.5, 0.6) is 5.88 Å². The van der Waals surface area contributed by atoms with Crippen LogP contribution in [0.3, 0.4) is 0 Å². The topological polar surface area (TPSA) is 79.1 Å². The van der Waals surface area contributed by atoms with Gasteiger partial charge in [0.25, 0.3) is 0 Å². The predicted molar refractivity (Wildman–Crippen MR) is 84.3 cm³/mol. The van der Waals surface area contributed by atoms with Gasteiger partial charge in [-0.05, 0) is 25.1 Å². The van der Waals surface area contributed by atoms with Gasteiger partial charge in [0.2, 0.25) is 5.88 Å². The molecular formula is C16H16N4O3. The maximum absolute atomic E-state index is 11.7. The Balaban J connectivity index is 2.23. The number of carbonyl (C=O) groups is 1. The fourth-order valence-electron chi connectivity index (χ4n) is 2.47. The van der Waals surface area contributed by atoms with E-state index in [2.05, 4.69) is 15.0 Å². The molecule has 7 nitrogen and oxygen atoms in total. The Morgan fingerprint density at radius 1 is 1.30 bits per heavy atom. The molecule has 0 unspecified atom stereocenters. The first-order chi connectivity index (χ1) is 11.2. The minimum absolute atomic E-state index is 0.366. The lowest BCUT2D eigenvalue weighted by Gasteiger charge is -2.08. The fraction of sp³-hybridized carbons (Fsp3) is 0.250. The number of esters is 1. The molecule has 0 radical (unpaired) electrons. The molecule has 0 aliphatic carbocycles. The minimum Gasteiger partial charge on any atom is -0.480 e. The van der Waals surface area contributed by atoms with Crippen LogP contribution in [0.2, 0.25) is 0 Å². The first kappa shape index (κ1) is 15.0. The number of methoxy groups -OCH3 is 2. The zero-order valence-electron chi connectivity index (χ0n) is 13.1. The number of nitrogens with zero attached hydrogens (tertiary/aromatic N) is 4. The molecule has 0 aromatic carbocycles. The number of ether oxygens (including phenoxy) is 2. The number of fused-ring (bicyclic) bond motifs is 1. The molecule has 3 heterocycles. The zero-order chi connectivity index (χ0) is 16.4. The van der Waals surface area contributed by atoms with Crippen molar-refractivity contribution in [3.05, 3.63) is 36.2 Å². The van der Waals surface area contributed by atoms with Crippen LogP contribution in [-0.4, -0.2) is 39.7 Å². The summed E-state index contributed by atoms with van der Waals surface area (Å²) >= 11 is 0. The van der Waals surface area contributed by atoms with Crippen LogP contribution in [0, 0.1) is 0 Å². The zero-order valence-corrected chi connectivity index (χ0v) is 13.1. The smallest absolute Gasteiger partial charge is 0.339 e. The molecule has 0 bridgehead atoms. The highest BCUT2D eigenvalue weighted by Gasteiger charge is 2.18. The largest absolute Gasteiger partial charge is 0.480 e. The second-order valence-electron chi connectivity index (χ2n) is 4.80. The van der Waals surface area contributed by atoms with Gasteiger partial charge < -0.3 is 14.0 Å². The molecule has 3 rings (SSSR count). The van der Waals surface area contributed by atoms with Crippen molar-refractivity contribution in [2.45, 2.75) is 13.5 Å². The van der Waals surface area contributed by atoms with Crippen molar-refractivity contribution in [2.75, 3.05) is 14.2 Å². The second-order valence-corrected chi connectivity index (χ2v) is 4.80. The van der Waals surface area contributed by atoms with Crippen LogP contribution in [0.4, 0.5) is 0 Å². The van der Waals surface area contributed by atoms with Crippen molar-refractivity contribution in [1.82, 2.24) is 19.5 Å². The Labute approximate surface area is 132 Å². The highest BCUT2D eigenvalue weighted by atomic mass is 16.5. The third kappa shape index (κ3) is 2.50. The number of pyridine rings is 2. The van der Waals surface area contributed by atoms with Crippen molar-refractivity contribution >= 4 is 17.1 Å². The Kier molecular flexibility index (Phi) is 3.92. The number of imidazole rings is 1. The Hall–Kier alpha value is -2.96. The van der Waals surface area contributed by atoms with E-state index < -0.39 is 5.97 Å². The molecule has 0 N–H and O–H groups in total. The van der Waals surface area contributed by atoms with Gasteiger partial charge in [0.1, 0.15) is 11.3 Å². The van der Waals surface area contributed by atoms with E-state index in [1.165, 1.54) is 13.3 Å². The number of aromatic nitrogens is 4. The van der Waals surface area contributed by atoms with Crippen molar-refractivity contribution in [2.24, 2.45) is 0 Å². The number of aryl methyl sites for hydroxylation is 1. The van der Waals surface area contributed by atoms with Gasteiger partial charge in [-0.1, -0.05) is 0 Å². The van der Waals surface area contributed by atoms with Crippen LogP contribution in [0.1, 0.15) is 17.3 Å². The number of hydrogen-bond acceptors (Lipinski definition) is 6. The quantitative estimate of drug-likeness (QED) is 0.688. The first-order valence-corrected chi connectivity index (χ1v) is 7.13. The lowest BCUT2D eigenvalue weighted by atomic mass is 10.2. The third-order valence-electron chi connectivity index (χ3n) is 3.53. The van der Waals surface area contributed by atoms with Crippen molar-refractivity contribution in [1.29, 1.82) is 0 Å². The standard InChI is InChI=1S/C16H16N4O3/c1-4-20-13(11-6-5-7-17-15(11)22-2)19-12-8-10(16(21)23-3)9-18-14(12)20/h5-9H,4H2,1-3H3. The van der Waals surface area contributed by atoms with Gasteiger partial charge in [-0.3, -0.25) is 0 Å². The summed E-state index contributed by atoms with van der Waals surface area (Å²) in [4.78, 5) is 24.8. The van der Waals surface area contributed by atoms with Crippen molar-refractivity contribution in [3.63, 3.8) is 0 Å². The van der Waals surface area contributed by atoms with E-state index >= 15 is 0 Å². The third-order valence-corrected chi connectivity index (χ3v) is 3.53. The van der Waals surface area contributed by atoms with E-state index in [0.717, 1.165) is 5.56 Å². The fourth-order valence-corrected chi connectivity index (χ4v) is 2.47. The highest BCUT2D eigenvalue weighted by Crippen LogP contribution is 2.29. The van der Waals surface area contributed by atoms with Crippen LogP contribution >= 0.6 is 0 Å². The summed E-state index contributed by atoms with van der Waals surface area (Å²) in [5.41, 5.74) is 2.46. The van der Waals surface area contributed by atoms with Crippen LogP contribution in [0.15, 0.2) is 30.6 Å². The molecule has 0 amide bonds. The van der Waals surface area contributed by atoms with E-state index in [4.69, 9.17) is 9.47 Å². The highest BCUT2D eigenvalue weighted by molar-refractivity contribution is 5.92. The molecule has 0 atom stereocenters. The molecule has 0 fully saturated rings. The van der Waals surface area contributed by atoms with Gasteiger partial charge in [0.15, 0.2) is 5.65 Å². The molecule has 3 aromatic heterocycles. The molecule has 7 heteroatoms. The molecule has 118 valence electrons. The normalized spacial score (nSPS) is 10.7. The van der Waals surface area contributed by atoms with Crippen molar-refractivity contribution < 1.29 is 14.3 Å². The maximum Gasteiger partial charge on any atom is 0.339 e. The van der Waals surface area contributed by atoms with Crippen molar-refractivity contribution in [3.8, 4) is 17.3 Å². The van der Waals surface area contributed by atoms with E-state index in [1.54, 1.807) is 19.4 Å². The number of carbonyl (C=O) groups excluding carboxylic acids is 1. The Bertz CT molecular complexity index is 873. The molecule has 0 aliphatic heterocycles. The molecular weight excluding hydrogens is 296 g/mol. The van der Waals surface area contributed by atoms with Crippen LogP contribution in [0.25, 0.3) is 22.6 Å². The summed E-state index contributed by atoms with van der Waals surface area (Å²) in [6.45, 7) is 2.68. The molecule has 23 heavy (non-hydrogen) atoms. The molecule has 0 saturated heterocycles. The SMILES string of the molecule is CCn1c(-c2cccnc2OC)nc2cc(C(=O)OC)cnc21. The number of rotatable bonds is 4. The van der Waals surface area contributed by atoms with E-state index in [-0.39, 0.29) is 0 Å². The summed E-state index contributed by atoms with van der Waals surface area (Å²) in [5, 5.41) is 0. The van der Waals surface area contributed by atoms with Gasteiger partial charge >= 0.3 is 5.97 Å². The second kappa shape index (κ2) is 6.04. The molecule has 0 saturated carbocycles. The van der Waals surface area contributed by atoms with Crippen LogP contribution in [-0.2, 0) is 11.3 Å². The Morgan fingerprint density at radius 2 is 2.13 bits per heavy atom. The van der Waals surface area contributed by atoms with E-state index in [1.807, 2.05) is 23.6 Å². The lowest BCUT2D eigenvalue weighted by Crippen LogP contribution is -2.03. The lowest BCUT2D eigenvalue weighted by molar-refractivity contribution is 0.0600. The Morgan fingerprint density at radius 3 is 2.83 bits per heavy atom. The number of hydrogen-bond donors (Lipinski definition) is 0. The summed E-state index contributed by atoms with van der Waals surface area (Å²) in [6.07, 6.45) is 3.15. The van der Waals surface area contributed by atoms with E-state index in [9.17, 15) is 4.79 Å². The van der Waals surface area contributed by atoms with E-state index in [0.29, 0.717) is 35.0 Å². The summed E-state index contributed by atoms with van der Waals surface area (Å²) in [6, 6.07) is 5.39. The van der Waals surface area contributed by atoms with Gasteiger partial charge in [0.05, 0.1) is 25.3 Å². The predicted octanol–water partition coefficient (Wildman–Crippen LogP) is 2.31. The van der Waals surface area contributed by atoms with Crippen LogP contribution < -0.4 is 4.74 Å². The average molecular weight is 312 g/mol. The van der Waals surface area contributed by atoms with Gasteiger partial charge in [-0.15, -0.1) is 0 Å². The average Bonchev–Trinajstić information content (AvgIpc) is 2.98.